The summed E-state index contributed by atoms with van der Waals surface area (Å²) in [6, 6.07) is 8.74. The van der Waals surface area contributed by atoms with Crippen LogP contribution in [0.3, 0.4) is 0 Å². The van der Waals surface area contributed by atoms with E-state index in [1.54, 1.807) is 11.8 Å². The van der Waals surface area contributed by atoms with Gasteiger partial charge in [0.15, 0.2) is 5.96 Å². The van der Waals surface area contributed by atoms with Gasteiger partial charge in [0, 0.05) is 32.1 Å². The lowest BCUT2D eigenvalue weighted by molar-refractivity contribution is 0.297. The lowest BCUT2D eigenvalue weighted by Gasteiger charge is -2.23. The molecule has 0 radical (unpaired) electrons. The summed E-state index contributed by atoms with van der Waals surface area (Å²) in [5.41, 5.74) is 1.31. The summed E-state index contributed by atoms with van der Waals surface area (Å²) in [7, 11) is 3.94. The summed E-state index contributed by atoms with van der Waals surface area (Å²) in [6.45, 7) is 9.77. The minimum atomic E-state index is 0.869. The molecule has 0 spiro atoms. The average molecular weight is 351 g/mol. The van der Waals surface area contributed by atoms with E-state index in [1.807, 2.05) is 7.05 Å². The Bertz CT molecular complexity index is 469. The molecule has 5 heteroatoms. The molecule has 136 valence electrons. The molecule has 1 aromatic rings. The molecular formula is C19H34N4S. The first-order valence-corrected chi connectivity index (χ1v) is 10.1. The van der Waals surface area contributed by atoms with Crippen LogP contribution in [0.5, 0.6) is 0 Å². The van der Waals surface area contributed by atoms with Crippen LogP contribution in [0.25, 0.3) is 0 Å². The number of guanidine groups is 1. The van der Waals surface area contributed by atoms with Crippen LogP contribution in [0.2, 0.25) is 0 Å². The predicted octanol–water partition coefficient (Wildman–Crippen LogP) is 3.54. The monoisotopic (exact) mass is 350 g/mol. The number of unbranched alkanes of at least 4 members (excludes halogenated alkanes) is 1. The molecule has 1 rings (SSSR count). The molecule has 24 heavy (non-hydrogen) atoms. The van der Waals surface area contributed by atoms with Gasteiger partial charge in [0.05, 0.1) is 0 Å². The second kappa shape index (κ2) is 12.2. The van der Waals surface area contributed by atoms with Gasteiger partial charge >= 0.3 is 0 Å². The minimum Gasteiger partial charge on any atom is -0.356 e. The Morgan fingerprint density at radius 2 is 1.79 bits per heavy atom. The second-order valence-corrected chi connectivity index (χ2v) is 6.79. The van der Waals surface area contributed by atoms with Crippen molar-refractivity contribution in [3.05, 3.63) is 29.8 Å². The van der Waals surface area contributed by atoms with Gasteiger partial charge in [0.2, 0.25) is 0 Å². The van der Waals surface area contributed by atoms with Gasteiger partial charge in [-0.2, -0.15) is 0 Å². The summed E-state index contributed by atoms with van der Waals surface area (Å²) in [6.07, 6.45) is 4.50. The molecule has 0 aliphatic heterocycles. The first-order valence-electron chi connectivity index (χ1n) is 8.91. The van der Waals surface area contributed by atoms with Crippen LogP contribution in [0, 0.1) is 0 Å². The van der Waals surface area contributed by atoms with Crippen LogP contribution >= 0.6 is 11.8 Å². The summed E-state index contributed by atoms with van der Waals surface area (Å²) in [4.78, 5) is 10.4. The van der Waals surface area contributed by atoms with Crippen LogP contribution in [0.4, 0.5) is 0 Å². The quantitative estimate of drug-likeness (QED) is 0.303. The maximum atomic E-state index is 4.40. The topological polar surface area (TPSA) is 30.9 Å². The van der Waals surface area contributed by atoms with E-state index in [0.717, 1.165) is 32.1 Å². The van der Waals surface area contributed by atoms with Crippen LogP contribution < -0.4 is 5.32 Å². The number of hydrogen-bond donors (Lipinski definition) is 1. The zero-order chi connectivity index (χ0) is 17.8. The number of benzene rings is 1. The number of rotatable bonds is 10. The fraction of sp³-hybridized carbons (Fsp3) is 0.632. The number of thioether (sulfide) groups is 1. The molecule has 0 aromatic heterocycles. The van der Waals surface area contributed by atoms with E-state index >= 15 is 0 Å². The summed E-state index contributed by atoms with van der Waals surface area (Å²) < 4.78 is 0. The maximum Gasteiger partial charge on any atom is 0.193 e. The van der Waals surface area contributed by atoms with Gasteiger partial charge in [-0.15, -0.1) is 11.8 Å². The maximum absolute atomic E-state index is 4.40. The highest BCUT2D eigenvalue weighted by Gasteiger charge is 2.06. The first-order chi connectivity index (χ1) is 11.6. The van der Waals surface area contributed by atoms with Crippen molar-refractivity contribution >= 4 is 17.7 Å². The van der Waals surface area contributed by atoms with Gasteiger partial charge in [-0.05, 0) is 56.4 Å². The van der Waals surface area contributed by atoms with Crippen LogP contribution in [-0.4, -0.2) is 62.3 Å². The van der Waals surface area contributed by atoms with E-state index in [-0.39, 0.29) is 0 Å². The van der Waals surface area contributed by atoms with Gasteiger partial charge in [-0.1, -0.05) is 26.0 Å². The first kappa shape index (κ1) is 20.8. The molecule has 0 saturated carbocycles. The van der Waals surface area contributed by atoms with Crippen molar-refractivity contribution in [1.82, 2.24) is 15.1 Å². The summed E-state index contributed by atoms with van der Waals surface area (Å²) >= 11 is 1.77. The SMILES string of the molecule is CCN(CC)CCCCNC(=NC)N(C)Cc1ccc(SC)cc1. The van der Waals surface area contributed by atoms with Gasteiger partial charge in [0.25, 0.3) is 0 Å². The largest absolute Gasteiger partial charge is 0.356 e. The number of nitrogens with zero attached hydrogens (tertiary/aromatic N) is 3. The van der Waals surface area contributed by atoms with Gasteiger partial charge in [-0.25, -0.2) is 0 Å². The van der Waals surface area contributed by atoms with Crippen molar-refractivity contribution in [2.24, 2.45) is 4.99 Å². The van der Waals surface area contributed by atoms with Crippen molar-refractivity contribution < 1.29 is 0 Å². The zero-order valence-corrected chi connectivity index (χ0v) is 16.8. The van der Waals surface area contributed by atoms with Gasteiger partial charge in [-0.3, -0.25) is 4.99 Å². The Kier molecular flexibility index (Phi) is 10.6. The van der Waals surface area contributed by atoms with E-state index in [2.05, 4.69) is 71.5 Å². The Hall–Kier alpha value is -1.20. The highest BCUT2D eigenvalue weighted by Crippen LogP contribution is 2.15. The zero-order valence-electron chi connectivity index (χ0n) is 16.0. The molecule has 0 amide bonds. The molecule has 1 aromatic carbocycles. The van der Waals surface area contributed by atoms with Gasteiger partial charge < -0.3 is 15.1 Å². The molecule has 0 atom stereocenters. The van der Waals surface area contributed by atoms with E-state index in [4.69, 9.17) is 0 Å². The predicted molar refractivity (Wildman–Crippen MR) is 108 cm³/mol. The fourth-order valence-electron chi connectivity index (χ4n) is 2.66. The summed E-state index contributed by atoms with van der Waals surface area (Å²) in [5.74, 6) is 0.965. The third kappa shape index (κ3) is 7.58. The number of hydrogen-bond acceptors (Lipinski definition) is 3. The molecule has 0 fully saturated rings. The Labute approximate surface area is 152 Å². The molecular weight excluding hydrogens is 316 g/mol. The second-order valence-electron chi connectivity index (χ2n) is 5.91. The molecule has 4 nitrogen and oxygen atoms in total. The molecule has 0 saturated heterocycles. The van der Waals surface area contributed by atoms with Crippen molar-refractivity contribution in [1.29, 1.82) is 0 Å². The summed E-state index contributed by atoms with van der Waals surface area (Å²) in [5, 5.41) is 3.48. The lowest BCUT2D eigenvalue weighted by Crippen LogP contribution is -2.39. The Balaban J connectivity index is 2.34. The van der Waals surface area contributed by atoms with E-state index in [0.29, 0.717) is 0 Å². The Morgan fingerprint density at radius 3 is 2.33 bits per heavy atom. The molecule has 0 bridgehead atoms. The molecule has 0 unspecified atom stereocenters. The third-order valence-electron chi connectivity index (χ3n) is 4.23. The van der Waals surface area contributed by atoms with Crippen molar-refractivity contribution in [2.45, 2.75) is 38.1 Å². The molecule has 0 heterocycles. The average Bonchev–Trinajstić information content (AvgIpc) is 2.62. The van der Waals surface area contributed by atoms with Crippen LogP contribution in [0.1, 0.15) is 32.3 Å². The highest BCUT2D eigenvalue weighted by molar-refractivity contribution is 7.98. The Morgan fingerprint density at radius 1 is 1.12 bits per heavy atom. The standard InChI is InChI=1S/C19H34N4S/c1-6-23(7-2)15-9-8-14-21-19(20-3)22(4)16-17-10-12-18(24-5)13-11-17/h10-13H,6-9,14-16H2,1-5H3,(H,20,21). The normalized spacial score (nSPS) is 11.8. The van der Waals surface area contributed by atoms with Crippen LogP contribution in [-0.2, 0) is 6.54 Å². The van der Waals surface area contributed by atoms with E-state index < -0.39 is 0 Å². The van der Waals surface area contributed by atoms with E-state index in [1.165, 1.54) is 29.8 Å². The lowest BCUT2D eigenvalue weighted by atomic mass is 10.2. The molecule has 0 aliphatic carbocycles. The van der Waals surface area contributed by atoms with Crippen molar-refractivity contribution in [2.75, 3.05) is 46.5 Å². The smallest absolute Gasteiger partial charge is 0.193 e. The van der Waals surface area contributed by atoms with Crippen molar-refractivity contribution in [3.63, 3.8) is 0 Å². The van der Waals surface area contributed by atoms with E-state index in [9.17, 15) is 0 Å². The number of aliphatic imine (C=N–C) groups is 1. The molecule has 1 N–H and O–H groups in total. The molecule has 0 aliphatic rings. The highest BCUT2D eigenvalue weighted by atomic mass is 32.2. The van der Waals surface area contributed by atoms with Crippen LogP contribution in [0.15, 0.2) is 34.2 Å². The minimum absolute atomic E-state index is 0.869. The fourth-order valence-corrected chi connectivity index (χ4v) is 3.07. The number of nitrogens with one attached hydrogen (secondary N) is 1. The van der Waals surface area contributed by atoms with Crippen molar-refractivity contribution in [3.8, 4) is 0 Å². The van der Waals surface area contributed by atoms with Gasteiger partial charge in [0.1, 0.15) is 0 Å². The third-order valence-corrected chi connectivity index (χ3v) is 4.97.